The number of likely N-dealkylation sites (tertiary alicyclic amines) is 4. The maximum atomic E-state index is 14.2. The molecular weight excluding hydrogens is 674 g/mol. The van der Waals surface area contributed by atoms with Gasteiger partial charge in [-0.05, 0) is 51.4 Å². The zero-order valence-corrected chi connectivity index (χ0v) is 29.3. The van der Waals surface area contributed by atoms with Gasteiger partial charge in [-0.15, -0.1) is 0 Å². The van der Waals surface area contributed by atoms with Crippen molar-refractivity contribution in [1.82, 2.24) is 50.2 Å². The first kappa shape index (κ1) is 36.5. The van der Waals surface area contributed by atoms with E-state index in [0.29, 0.717) is 76.0 Å². The highest BCUT2D eigenvalue weighted by atomic mass is 16.2. The van der Waals surface area contributed by atoms with Crippen molar-refractivity contribution < 1.29 is 33.6 Å². The van der Waals surface area contributed by atoms with E-state index < -0.39 is 59.9 Å². The van der Waals surface area contributed by atoms with Crippen LogP contribution in [0.5, 0.6) is 0 Å². The Morgan fingerprint density at radius 3 is 1.60 bits per heavy atom. The second-order valence-electron chi connectivity index (χ2n) is 14.0. The van der Waals surface area contributed by atoms with Gasteiger partial charge in [-0.1, -0.05) is 0 Å². The Morgan fingerprint density at radius 2 is 1.10 bits per heavy atom. The van der Waals surface area contributed by atoms with Crippen LogP contribution >= 0.6 is 0 Å². The van der Waals surface area contributed by atoms with E-state index >= 15 is 0 Å². The Bertz CT molecular complexity index is 1650. The Balaban J connectivity index is 1.14. The fraction of sp³-hybridized carbons (Fsp3) is 0.618. The van der Waals surface area contributed by atoms with E-state index in [4.69, 9.17) is 5.73 Å². The SMILES string of the molecule is CC(=O)N1CCC[C@H]1C(=O)N1CCC[C@H]1C(=O)N1CCC[C@H]1C(=O)N[C@@H](Cc1cnc[nH]1)C(=O)N1CCC[C@H]1C(=O)N[C@@H](Cc1cnc[nH]1)C(N)=O. The maximum absolute atomic E-state index is 14.2. The molecule has 0 radical (unpaired) electrons. The third-order valence-electron chi connectivity index (χ3n) is 10.7. The number of aromatic nitrogens is 4. The summed E-state index contributed by atoms with van der Waals surface area (Å²) in [4.78, 5) is 114. The molecule has 2 aromatic heterocycles. The quantitative estimate of drug-likeness (QED) is 0.169. The molecule has 4 saturated heterocycles. The average Bonchev–Trinajstić information content (AvgIpc) is 3.98. The van der Waals surface area contributed by atoms with E-state index in [-0.39, 0.29) is 37.1 Å². The number of aromatic amines is 2. The minimum atomic E-state index is -1.10. The van der Waals surface area contributed by atoms with Crippen LogP contribution in [0, 0.1) is 0 Å². The predicted octanol–water partition coefficient (Wildman–Crippen LogP) is -1.64. The third kappa shape index (κ3) is 7.79. The van der Waals surface area contributed by atoms with Crippen LogP contribution in [-0.2, 0) is 46.4 Å². The van der Waals surface area contributed by atoms with E-state index in [2.05, 4.69) is 30.6 Å². The lowest BCUT2D eigenvalue weighted by molar-refractivity contribution is -0.150. The summed E-state index contributed by atoms with van der Waals surface area (Å²) in [6.45, 7) is 2.93. The molecule has 0 unspecified atom stereocenters. The number of H-pyrrole nitrogens is 2. The van der Waals surface area contributed by atoms with Crippen molar-refractivity contribution in [3.63, 3.8) is 0 Å². The highest BCUT2D eigenvalue weighted by molar-refractivity contribution is 5.97. The monoisotopic (exact) mass is 721 g/mol. The molecule has 0 aliphatic carbocycles. The summed E-state index contributed by atoms with van der Waals surface area (Å²) in [5.74, 6) is -2.99. The van der Waals surface area contributed by atoms with Gasteiger partial charge in [-0.25, -0.2) is 9.97 Å². The number of primary amides is 1. The van der Waals surface area contributed by atoms with Gasteiger partial charge in [-0.2, -0.15) is 0 Å². The lowest BCUT2D eigenvalue weighted by Crippen LogP contribution is -2.59. The Kier molecular flexibility index (Phi) is 11.2. The van der Waals surface area contributed by atoms with Gasteiger partial charge in [0.05, 0.1) is 12.7 Å². The van der Waals surface area contributed by atoms with E-state index in [1.165, 1.54) is 35.6 Å². The highest BCUT2D eigenvalue weighted by Gasteiger charge is 2.46. The lowest BCUT2D eigenvalue weighted by atomic mass is 10.1. The van der Waals surface area contributed by atoms with Crippen molar-refractivity contribution in [2.24, 2.45) is 5.73 Å². The van der Waals surface area contributed by atoms with Crippen LogP contribution in [0.4, 0.5) is 0 Å². The minimum Gasteiger partial charge on any atom is -0.368 e. The number of carbonyl (C=O) groups excluding carboxylic acids is 7. The first-order valence-corrected chi connectivity index (χ1v) is 18.1. The summed E-state index contributed by atoms with van der Waals surface area (Å²) in [6, 6.07) is -5.22. The molecule has 4 aliphatic heterocycles. The van der Waals surface area contributed by atoms with Gasteiger partial charge in [0.1, 0.15) is 36.3 Å². The van der Waals surface area contributed by atoms with Crippen LogP contribution in [0.15, 0.2) is 25.0 Å². The van der Waals surface area contributed by atoms with Crippen molar-refractivity contribution in [2.45, 2.75) is 107 Å². The molecule has 4 fully saturated rings. The first-order valence-electron chi connectivity index (χ1n) is 18.1. The number of carbonyl (C=O) groups is 7. The summed E-state index contributed by atoms with van der Waals surface area (Å²) < 4.78 is 0. The van der Waals surface area contributed by atoms with Crippen molar-refractivity contribution in [3.05, 3.63) is 36.4 Å². The number of nitrogens with two attached hydrogens (primary N) is 1. The smallest absolute Gasteiger partial charge is 0.246 e. The van der Waals surface area contributed by atoms with E-state index in [1.807, 2.05) is 0 Å². The zero-order valence-electron chi connectivity index (χ0n) is 29.3. The number of imidazole rings is 2. The molecule has 7 amide bonds. The fourth-order valence-electron chi connectivity index (χ4n) is 8.07. The lowest BCUT2D eigenvalue weighted by Gasteiger charge is -2.34. The van der Waals surface area contributed by atoms with Gasteiger partial charge in [0.2, 0.25) is 41.4 Å². The average molecular weight is 722 g/mol. The molecule has 18 nitrogen and oxygen atoms in total. The standard InChI is InChI=1S/C34H47N11O7/c1-20(46)42-10-4-8-27(42)33(51)45-13-5-9-28(45)34(52)44-12-3-7-26(44)31(49)41-24(15-22-17-37-19-39-22)32(50)43-11-2-6-25(43)30(48)40-23(29(35)47)14-21-16-36-18-38-21/h16-19,23-28H,2-15H2,1H3,(H2,35,47)(H,36,38)(H,37,39)(H,40,48)(H,41,49)/t23-,24-,25-,26-,27-,28-/m0/s1. The molecule has 2 aromatic rings. The van der Waals surface area contributed by atoms with Crippen LogP contribution in [0.3, 0.4) is 0 Å². The molecule has 6 N–H and O–H groups in total. The third-order valence-corrected chi connectivity index (χ3v) is 10.7. The van der Waals surface area contributed by atoms with Gasteiger partial charge in [0.25, 0.3) is 0 Å². The largest absolute Gasteiger partial charge is 0.368 e. The van der Waals surface area contributed by atoms with Crippen LogP contribution in [0.25, 0.3) is 0 Å². The molecule has 0 aromatic carbocycles. The summed E-state index contributed by atoms with van der Waals surface area (Å²) >= 11 is 0. The topological polar surface area (TPSA) is 240 Å². The molecule has 18 heteroatoms. The molecule has 6 atom stereocenters. The van der Waals surface area contributed by atoms with E-state index in [0.717, 1.165) is 6.42 Å². The van der Waals surface area contributed by atoms with Gasteiger partial charge in [0, 0.05) is 69.7 Å². The molecule has 6 heterocycles. The van der Waals surface area contributed by atoms with Crippen LogP contribution in [-0.4, -0.2) is 143 Å². The number of rotatable bonds is 12. The Morgan fingerprint density at radius 1 is 0.673 bits per heavy atom. The second kappa shape index (κ2) is 15.9. The van der Waals surface area contributed by atoms with Gasteiger partial charge in [-0.3, -0.25) is 33.6 Å². The minimum absolute atomic E-state index is 0.0543. The number of nitrogens with one attached hydrogen (secondary N) is 4. The number of hydrogen-bond donors (Lipinski definition) is 5. The van der Waals surface area contributed by atoms with E-state index in [1.54, 1.807) is 16.0 Å². The number of amides is 7. The normalized spacial score (nSPS) is 24.2. The van der Waals surface area contributed by atoms with Crippen LogP contribution in [0.2, 0.25) is 0 Å². The van der Waals surface area contributed by atoms with Crippen molar-refractivity contribution in [3.8, 4) is 0 Å². The Hall–Kier alpha value is -5.29. The Labute approximate surface area is 300 Å². The molecule has 0 bridgehead atoms. The molecule has 52 heavy (non-hydrogen) atoms. The maximum Gasteiger partial charge on any atom is 0.246 e. The molecule has 0 saturated carbocycles. The van der Waals surface area contributed by atoms with Gasteiger partial charge < -0.3 is 45.9 Å². The summed E-state index contributed by atoms with van der Waals surface area (Å²) in [7, 11) is 0. The summed E-state index contributed by atoms with van der Waals surface area (Å²) in [6.07, 6.45) is 10.3. The summed E-state index contributed by atoms with van der Waals surface area (Å²) in [5, 5.41) is 5.56. The van der Waals surface area contributed by atoms with Crippen LogP contribution in [0.1, 0.15) is 69.7 Å². The van der Waals surface area contributed by atoms with E-state index in [9.17, 15) is 33.6 Å². The van der Waals surface area contributed by atoms with Crippen molar-refractivity contribution >= 4 is 41.4 Å². The van der Waals surface area contributed by atoms with Crippen molar-refractivity contribution in [2.75, 3.05) is 26.2 Å². The molecule has 0 spiro atoms. The van der Waals surface area contributed by atoms with Gasteiger partial charge in [0.15, 0.2) is 0 Å². The second-order valence-corrected chi connectivity index (χ2v) is 14.0. The summed E-state index contributed by atoms with van der Waals surface area (Å²) in [5.41, 5.74) is 6.77. The number of nitrogens with zero attached hydrogens (tertiary/aromatic N) is 6. The van der Waals surface area contributed by atoms with Gasteiger partial charge >= 0.3 is 0 Å². The molecular formula is C34H47N11O7. The fourth-order valence-corrected chi connectivity index (χ4v) is 8.07. The zero-order chi connectivity index (χ0) is 36.9. The van der Waals surface area contributed by atoms with Crippen molar-refractivity contribution in [1.29, 1.82) is 0 Å². The molecule has 280 valence electrons. The predicted molar refractivity (Wildman–Crippen MR) is 182 cm³/mol. The molecule has 4 aliphatic rings. The van der Waals surface area contributed by atoms with Crippen LogP contribution < -0.4 is 16.4 Å². The highest BCUT2D eigenvalue weighted by Crippen LogP contribution is 2.29. The first-order chi connectivity index (χ1) is 25.0. The molecule has 6 rings (SSSR count). The number of hydrogen-bond acceptors (Lipinski definition) is 9.